The van der Waals surface area contributed by atoms with E-state index in [2.05, 4.69) is 10.8 Å². The Morgan fingerprint density at radius 3 is 2.72 bits per heavy atom. The van der Waals surface area contributed by atoms with E-state index in [1.807, 2.05) is 20.8 Å². The van der Waals surface area contributed by atoms with E-state index in [0.29, 0.717) is 35.1 Å². The lowest BCUT2D eigenvalue weighted by Crippen LogP contribution is -2.25. The second-order valence-electron chi connectivity index (χ2n) is 7.31. The van der Waals surface area contributed by atoms with Crippen LogP contribution in [0.25, 0.3) is 5.70 Å². The van der Waals surface area contributed by atoms with Gasteiger partial charge in [0.25, 0.3) is 5.91 Å². The van der Waals surface area contributed by atoms with Crippen molar-refractivity contribution < 1.29 is 33.7 Å². The fourth-order valence-electron chi connectivity index (χ4n) is 2.86. The molecule has 0 aromatic heterocycles. The Labute approximate surface area is 185 Å². The first-order valence-electron chi connectivity index (χ1n) is 10.2. The van der Waals surface area contributed by atoms with Gasteiger partial charge in [0.05, 0.1) is 24.0 Å². The van der Waals surface area contributed by atoms with Crippen LogP contribution in [0.5, 0.6) is 17.2 Å². The number of ether oxygens (including phenoxy) is 3. The molecule has 0 unspecified atom stereocenters. The van der Waals surface area contributed by atoms with Gasteiger partial charge in [-0.2, -0.15) is 0 Å². The number of hydroxylamine groups is 1. The van der Waals surface area contributed by atoms with Crippen LogP contribution in [0.1, 0.15) is 43.1 Å². The molecule has 0 atom stereocenters. The Morgan fingerprint density at radius 2 is 2.00 bits per heavy atom. The zero-order valence-corrected chi connectivity index (χ0v) is 18.1. The molecule has 1 amide bonds. The quantitative estimate of drug-likeness (QED) is 0.289. The minimum absolute atomic E-state index is 0.0310. The van der Waals surface area contributed by atoms with Crippen molar-refractivity contribution in [2.24, 2.45) is 0 Å². The van der Waals surface area contributed by atoms with Crippen molar-refractivity contribution in [3.05, 3.63) is 53.8 Å². The van der Waals surface area contributed by atoms with Gasteiger partial charge in [-0.25, -0.2) is 4.79 Å². The van der Waals surface area contributed by atoms with E-state index < -0.39 is 5.97 Å². The summed E-state index contributed by atoms with van der Waals surface area (Å²) in [5.41, 5.74) is 4.54. The van der Waals surface area contributed by atoms with E-state index in [0.717, 1.165) is 6.42 Å². The highest BCUT2D eigenvalue weighted by molar-refractivity contribution is 5.96. The van der Waals surface area contributed by atoms with Crippen LogP contribution in [0.15, 0.2) is 42.7 Å². The summed E-state index contributed by atoms with van der Waals surface area (Å²) < 4.78 is 16.8. The predicted molar refractivity (Wildman–Crippen MR) is 118 cm³/mol. The first-order valence-corrected chi connectivity index (χ1v) is 10.2. The number of hydrogen-bond donors (Lipinski definition) is 3. The molecule has 170 valence electrons. The molecular formula is C23H26N2O7. The topological polar surface area (TPSA) is 115 Å². The Balaban J connectivity index is 1.90. The van der Waals surface area contributed by atoms with Gasteiger partial charge in [0, 0.05) is 11.6 Å². The van der Waals surface area contributed by atoms with Crippen LogP contribution in [-0.2, 0) is 9.63 Å². The highest BCUT2D eigenvalue weighted by atomic mass is 16.6. The van der Waals surface area contributed by atoms with Crippen molar-refractivity contribution in [3.63, 3.8) is 0 Å². The van der Waals surface area contributed by atoms with Gasteiger partial charge in [-0.1, -0.05) is 6.92 Å². The van der Waals surface area contributed by atoms with Crippen LogP contribution in [0.3, 0.4) is 0 Å². The number of carboxylic acids is 1. The number of benzene rings is 2. The minimum atomic E-state index is -1.09. The number of rotatable bonds is 10. The molecule has 0 fully saturated rings. The Bertz CT molecular complexity index is 1020. The molecule has 0 saturated heterocycles. The largest absolute Gasteiger partial charge is 0.491 e. The van der Waals surface area contributed by atoms with Crippen molar-refractivity contribution in [1.82, 2.24) is 5.48 Å². The van der Waals surface area contributed by atoms with Crippen molar-refractivity contribution in [3.8, 4) is 17.2 Å². The van der Waals surface area contributed by atoms with Gasteiger partial charge in [-0.3, -0.25) is 15.1 Å². The zero-order chi connectivity index (χ0) is 23.1. The fourth-order valence-corrected chi connectivity index (χ4v) is 2.86. The van der Waals surface area contributed by atoms with Crippen LogP contribution < -0.4 is 25.0 Å². The van der Waals surface area contributed by atoms with E-state index >= 15 is 0 Å². The van der Waals surface area contributed by atoms with Crippen LogP contribution in [0, 0.1) is 0 Å². The molecule has 0 radical (unpaired) electrons. The molecule has 32 heavy (non-hydrogen) atoms. The van der Waals surface area contributed by atoms with Crippen molar-refractivity contribution in [2.45, 2.75) is 33.3 Å². The molecule has 2 aromatic rings. The van der Waals surface area contributed by atoms with Crippen LogP contribution in [0.2, 0.25) is 0 Å². The van der Waals surface area contributed by atoms with Gasteiger partial charge < -0.3 is 24.6 Å². The summed E-state index contributed by atoms with van der Waals surface area (Å²) in [5.74, 6) is -0.107. The van der Waals surface area contributed by atoms with Crippen molar-refractivity contribution >= 4 is 23.3 Å². The molecule has 3 N–H and O–H groups in total. The second kappa shape index (κ2) is 10.5. The molecule has 0 aliphatic carbocycles. The molecule has 1 heterocycles. The molecule has 1 aliphatic heterocycles. The number of aromatic carboxylic acids is 1. The summed E-state index contributed by atoms with van der Waals surface area (Å²) in [4.78, 5) is 28.6. The fraction of sp³-hybridized carbons (Fsp3) is 0.304. The molecule has 9 heteroatoms. The third-order valence-electron chi connectivity index (χ3n) is 4.22. The number of carbonyl (C=O) groups is 2. The normalized spacial score (nSPS) is 13.1. The highest BCUT2D eigenvalue weighted by Crippen LogP contribution is 2.31. The SMILES string of the molecule is CCCONC(=COc1cc(OC(C)C)cc(C(=O)O)c1)c1ccc2c(c1)NC(=O)CO2. The zero-order valence-electron chi connectivity index (χ0n) is 18.1. The molecule has 3 rings (SSSR count). The molecule has 9 nitrogen and oxygen atoms in total. The Hall–Kier alpha value is -3.72. The van der Waals surface area contributed by atoms with E-state index in [-0.39, 0.29) is 29.9 Å². The number of anilines is 1. The minimum Gasteiger partial charge on any atom is -0.491 e. The van der Waals surface area contributed by atoms with Crippen LogP contribution in [0.4, 0.5) is 5.69 Å². The molecule has 2 aromatic carbocycles. The Morgan fingerprint density at radius 1 is 1.22 bits per heavy atom. The highest BCUT2D eigenvalue weighted by Gasteiger charge is 2.17. The third kappa shape index (κ3) is 6.14. The lowest BCUT2D eigenvalue weighted by atomic mass is 10.1. The van der Waals surface area contributed by atoms with Gasteiger partial charge in [0.1, 0.15) is 29.2 Å². The maximum Gasteiger partial charge on any atom is 0.335 e. The van der Waals surface area contributed by atoms with Crippen molar-refractivity contribution in [2.75, 3.05) is 18.5 Å². The Kier molecular flexibility index (Phi) is 7.56. The molecule has 0 saturated carbocycles. The van der Waals surface area contributed by atoms with Crippen LogP contribution in [-0.4, -0.2) is 36.3 Å². The van der Waals surface area contributed by atoms with Gasteiger partial charge in [-0.15, -0.1) is 0 Å². The number of carbonyl (C=O) groups excluding carboxylic acids is 1. The number of carboxylic acid groups (broad SMARTS) is 1. The molecule has 0 spiro atoms. The molecular weight excluding hydrogens is 416 g/mol. The average Bonchev–Trinajstić information content (AvgIpc) is 2.75. The molecule has 0 bridgehead atoms. The summed E-state index contributed by atoms with van der Waals surface area (Å²) in [7, 11) is 0. The second-order valence-corrected chi connectivity index (χ2v) is 7.31. The lowest BCUT2D eigenvalue weighted by Gasteiger charge is -2.19. The van der Waals surface area contributed by atoms with Gasteiger partial charge in [0.2, 0.25) is 0 Å². The van der Waals surface area contributed by atoms with E-state index in [9.17, 15) is 14.7 Å². The predicted octanol–water partition coefficient (Wildman–Crippen LogP) is 3.81. The van der Waals surface area contributed by atoms with Gasteiger partial charge in [0.15, 0.2) is 6.61 Å². The van der Waals surface area contributed by atoms with Crippen molar-refractivity contribution in [1.29, 1.82) is 0 Å². The standard InChI is InChI=1S/C23H26N2O7/c1-4-7-31-25-20(15-5-6-21-19(10-15)24-22(26)13-30-21)12-29-17-8-16(23(27)28)9-18(11-17)32-14(2)3/h5-6,8-12,14,25H,4,7,13H2,1-3H3,(H,24,26)(H,27,28). The average molecular weight is 442 g/mol. The summed E-state index contributed by atoms with van der Waals surface area (Å²) in [6.45, 7) is 6.10. The summed E-state index contributed by atoms with van der Waals surface area (Å²) >= 11 is 0. The monoisotopic (exact) mass is 442 g/mol. The third-order valence-corrected chi connectivity index (χ3v) is 4.22. The van der Waals surface area contributed by atoms with Gasteiger partial charge >= 0.3 is 5.97 Å². The smallest absolute Gasteiger partial charge is 0.335 e. The first-order chi connectivity index (χ1) is 15.4. The number of fused-ring (bicyclic) bond motifs is 1. The summed E-state index contributed by atoms with van der Waals surface area (Å²) in [6.07, 6.45) is 2.07. The van der Waals surface area contributed by atoms with Crippen LogP contribution >= 0.6 is 0 Å². The first kappa shape index (κ1) is 23.0. The molecule has 1 aliphatic rings. The lowest BCUT2D eigenvalue weighted by molar-refractivity contribution is -0.118. The van der Waals surface area contributed by atoms with E-state index in [1.165, 1.54) is 18.4 Å². The number of hydrogen-bond acceptors (Lipinski definition) is 7. The maximum atomic E-state index is 11.6. The maximum absolute atomic E-state index is 11.6. The van der Waals surface area contributed by atoms with E-state index in [1.54, 1.807) is 24.3 Å². The number of amides is 1. The van der Waals surface area contributed by atoms with E-state index in [4.69, 9.17) is 19.0 Å². The summed E-state index contributed by atoms with van der Waals surface area (Å²) in [5, 5.41) is 12.2. The van der Waals surface area contributed by atoms with Gasteiger partial charge in [-0.05, 0) is 50.6 Å². The summed E-state index contributed by atoms with van der Waals surface area (Å²) in [6, 6.07) is 9.69. The number of nitrogens with one attached hydrogen (secondary N) is 2.